The van der Waals surface area contributed by atoms with E-state index in [0.717, 1.165) is 54.2 Å². The van der Waals surface area contributed by atoms with Gasteiger partial charge in [-0.05, 0) is 76.2 Å². The van der Waals surface area contributed by atoms with Crippen LogP contribution in [0.25, 0.3) is 0 Å². The van der Waals surface area contributed by atoms with E-state index in [4.69, 9.17) is 4.74 Å². The fourth-order valence-electron chi connectivity index (χ4n) is 8.02. The number of para-hydroxylation sites is 1. The molecular formula is C42H38N4O4. The van der Waals surface area contributed by atoms with Crippen molar-refractivity contribution < 1.29 is 19.1 Å². The highest BCUT2D eigenvalue weighted by Crippen LogP contribution is 2.59. The molecule has 0 saturated heterocycles. The minimum Gasteiger partial charge on any atom is -0.456 e. The minimum absolute atomic E-state index is 0.198. The SMILES string of the molecule is CCN(CC)c1ccc2c(c1)Oc1cc(N(CC)CC)ccc1C21c2ccccc2C(=O)N1c1ccc2c(c1)C(=O)N(c1ccccc1)C2=O. The average molecular weight is 663 g/mol. The molecule has 3 aliphatic rings. The van der Waals surface area contributed by atoms with Crippen molar-refractivity contribution in [3.05, 3.63) is 143 Å². The number of nitrogens with zero attached hydrogens (tertiary/aromatic N) is 4. The van der Waals surface area contributed by atoms with Gasteiger partial charge < -0.3 is 14.5 Å². The normalized spacial score (nSPS) is 15.1. The summed E-state index contributed by atoms with van der Waals surface area (Å²) in [6.45, 7) is 11.8. The van der Waals surface area contributed by atoms with Gasteiger partial charge in [-0.15, -0.1) is 0 Å². The summed E-state index contributed by atoms with van der Waals surface area (Å²) in [6, 6.07) is 34.3. The third-order valence-electron chi connectivity index (χ3n) is 10.4. The molecule has 0 radical (unpaired) electrons. The molecule has 5 aromatic rings. The van der Waals surface area contributed by atoms with Crippen LogP contribution >= 0.6 is 0 Å². The Morgan fingerprint density at radius 2 is 1.08 bits per heavy atom. The van der Waals surface area contributed by atoms with Gasteiger partial charge in [0.05, 0.1) is 16.8 Å². The van der Waals surface area contributed by atoms with E-state index in [9.17, 15) is 14.4 Å². The van der Waals surface area contributed by atoms with Crippen molar-refractivity contribution in [1.29, 1.82) is 0 Å². The highest BCUT2D eigenvalue weighted by atomic mass is 16.5. The maximum absolute atomic E-state index is 14.9. The topological polar surface area (TPSA) is 73.4 Å². The molecule has 3 aliphatic heterocycles. The summed E-state index contributed by atoms with van der Waals surface area (Å²) >= 11 is 0. The first-order chi connectivity index (χ1) is 24.4. The van der Waals surface area contributed by atoms with E-state index < -0.39 is 11.4 Å². The fraction of sp³-hybridized carbons (Fsp3) is 0.214. The van der Waals surface area contributed by atoms with Gasteiger partial charge in [0.15, 0.2) is 0 Å². The van der Waals surface area contributed by atoms with Crippen molar-refractivity contribution in [2.24, 2.45) is 0 Å². The number of amides is 3. The second-order valence-corrected chi connectivity index (χ2v) is 12.7. The number of ether oxygens (including phenoxy) is 1. The molecular weight excluding hydrogens is 624 g/mol. The molecule has 8 heteroatoms. The number of benzene rings is 5. The molecule has 0 unspecified atom stereocenters. The lowest BCUT2D eigenvalue weighted by Crippen LogP contribution is -2.47. The number of hydrogen-bond acceptors (Lipinski definition) is 6. The molecule has 0 bridgehead atoms. The van der Waals surface area contributed by atoms with Crippen molar-refractivity contribution in [3.8, 4) is 11.5 Å². The molecule has 50 heavy (non-hydrogen) atoms. The number of fused-ring (bicyclic) bond motifs is 7. The zero-order valence-electron chi connectivity index (χ0n) is 28.6. The van der Waals surface area contributed by atoms with Crippen molar-refractivity contribution >= 4 is 40.5 Å². The smallest absolute Gasteiger partial charge is 0.266 e. The standard InChI is InChI=1S/C42H38N4O4/c1-5-43(6-2)28-19-22-35-37(25-28)50-38-26-29(44(7-3)8-4)20-23-36(38)42(35)34-17-13-12-16-32(34)41(49)46(42)30-18-21-31-33(24-30)40(48)45(39(31)47)27-14-10-9-11-15-27/h9-26H,5-8H2,1-4H3. The lowest BCUT2D eigenvalue weighted by Gasteiger charge is -2.44. The van der Waals surface area contributed by atoms with E-state index in [-0.39, 0.29) is 17.4 Å². The number of carbonyl (C=O) groups excluding carboxylic acids is 3. The maximum atomic E-state index is 14.9. The molecule has 8 rings (SSSR count). The van der Waals surface area contributed by atoms with Crippen LogP contribution in [0.3, 0.4) is 0 Å². The first-order valence-corrected chi connectivity index (χ1v) is 17.4. The predicted octanol–water partition coefficient (Wildman–Crippen LogP) is 8.24. The maximum Gasteiger partial charge on any atom is 0.266 e. The first-order valence-electron chi connectivity index (χ1n) is 17.4. The first kappa shape index (κ1) is 31.4. The van der Waals surface area contributed by atoms with Crippen LogP contribution in [0.5, 0.6) is 11.5 Å². The second-order valence-electron chi connectivity index (χ2n) is 12.7. The van der Waals surface area contributed by atoms with E-state index >= 15 is 0 Å². The number of carbonyl (C=O) groups is 3. The summed E-state index contributed by atoms with van der Waals surface area (Å²) in [5.74, 6) is 0.322. The van der Waals surface area contributed by atoms with Gasteiger partial charge >= 0.3 is 0 Å². The van der Waals surface area contributed by atoms with Crippen LogP contribution < -0.4 is 24.3 Å². The monoisotopic (exact) mass is 662 g/mol. The van der Waals surface area contributed by atoms with Gasteiger partial charge in [0.1, 0.15) is 17.0 Å². The molecule has 0 saturated carbocycles. The quantitative estimate of drug-likeness (QED) is 0.156. The van der Waals surface area contributed by atoms with Crippen molar-refractivity contribution in [2.75, 3.05) is 45.8 Å². The molecule has 3 heterocycles. The third-order valence-corrected chi connectivity index (χ3v) is 10.4. The fourth-order valence-corrected chi connectivity index (χ4v) is 8.02. The largest absolute Gasteiger partial charge is 0.456 e. The summed E-state index contributed by atoms with van der Waals surface area (Å²) in [4.78, 5) is 49.9. The lowest BCUT2D eigenvalue weighted by atomic mass is 9.74. The van der Waals surface area contributed by atoms with Crippen LogP contribution in [-0.4, -0.2) is 43.9 Å². The Morgan fingerprint density at radius 3 is 1.68 bits per heavy atom. The lowest BCUT2D eigenvalue weighted by molar-refractivity contribution is 0.0923. The van der Waals surface area contributed by atoms with Crippen LogP contribution in [0.2, 0.25) is 0 Å². The number of hydrogen-bond donors (Lipinski definition) is 0. The summed E-state index contributed by atoms with van der Waals surface area (Å²) < 4.78 is 6.83. The molecule has 0 aliphatic carbocycles. The zero-order chi connectivity index (χ0) is 34.7. The summed E-state index contributed by atoms with van der Waals surface area (Å²) in [6.07, 6.45) is 0. The van der Waals surface area contributed by atoms with Crippen LogP contribution in [0.4, 0.5) is 22.7 Å². The summed E-state index contributed by atoms with van der Waals surface area (Å²) in [5.41, 5.74) is 5.56. The van der Waals surface area contributed by atoms with Crippen LogP contribution in [0.1, 0.15) is 75.5 Å². The molecule has 5 aromatic carbocycles. The van der Waals surface area contributed by atoms with Gasteiger partial charge in [0.25, 0.3) is 17.7 Å². The summed E-state index contributed by atoms with van der Waals surface area (Å²) in [5, 5.41) is 0. The molecule has 0 N–H and O–H groups in total. The van der Waals surface area contributed by atoms with Gasteiger partial charge in [-0.3, -0.25) is 19.3 Å². The third kappa shape index (κ3) is 4.34. The molecule has 1 spiro atoms. The Morgan fingerprint density at radius 1 is 0.520 bits per heavy atom. The number of anilines is 4. The Hall–Kier alpha value is -5.89. The summed E-state index contributed by atoms with van der Waals surface area (Å²) in [7, 11) is 0. The Kier molecular flexibility index (Phi) is 7.48. The van der Waals surface area contributed by atoms with Gasteiger partial charge in [0.2, 0.25) is 0 Å². The van der Waals surface area contributed by atoms with Gasteiger partial charge in [-0.1, -0.05) is 48.5 Å². The van der Waals surface area contributed by atoms with E-state index in [1.54, 1.807) is 47.4 Å². The molecule has 3 amide bonds. The molecule has 0 atom stereocenters. The van der Waals surface area contributed by atoms with Crippen LogP contribution in [-0.2, 0) is 5.54 Å². The Labute approximate surface area is 292 Å². The number of rotatable bonds is 8. The minimum atomic E-state index is -1.13. The van der Waals surface area contributed by atoms with E-state index in [1.807, 2.05) is 30.3 Å². The molecule has 0 aromatic heterocycles. The number of imide groups is 1. The van der Waals surface area contributed by atoms with Gasteiger partial charge in [-0.2, -0.15) is 0 Å². The average Bonchev–Trinajstić information content (AvgIpc) is 3.55. The molecule has 250 valence electrons. The van der Waals surface area contributed by atoms with Crippen LogP contribution in [0.15, 0.2) is 109 Å². The Balaban J connectivity index is 1.38. The highest BCUT2D eigenvalue weighted by molar-refractivity contribution is 6.34. The molecule has 8 nitrogen and oxygen atoms in total. The van der Waals surface area contributed by atoms with E-state index in [2.05, 4.69) is 73.9 Å². The zero-order valence-corrected chi connectivity index (χ0v) is 28.6. The van der Waals surface area contributed by atoms with Gasteiger partial charge in [-0.25, -0.2) is 4.90 Å². The predicted molar refractivity (Wildman–Crippen MR) is 197 cm³/mol. The second kappa shape index (κ2) is 11.9. The van der Waals surface area contributed by atoms with E-state index in [0.29, 0.717) is 34.0 Å². The van der Waals surface area contributed by atoms with Crippen molar-refractivity contribution in [2.45, 2.75) is 33.2 Å². The van der Waals surface area contributed by atoms with Crippen molar-refractivity contribution in [1.82, 2.24) is 0 Å². The van der Waals surface area contributed by atoms with Crippen LogP contribution in [0, 0.1) is 0 Å². The van der Waals surface area contributed by atoms with Gasteiger partial charge in [0, 0.05) is 77.6 Å². The van der Waals surface area contributed by atoms with E-state index in [1.165, 1.54) is 4.90 Å². The van der Waals surface area contributed by atoms with Crippen molar-refractivity contribution in [3.63, 3.8) is 0 Å². The Bertz CT molecular complexity index is 2130. The molecule has 0 fully saturated rings. The highest BCUT2D eigenvalue weighted by Gasteiger charge is 2.57.